The second kappa shape index (κ2) is 7.17. The van der Waals surface area contributed by atoms with Crippen molar-refractivity contribution in [2.45, 2.75) is 26.2 Å². The normalized spacial score (nSPS) is 9.57. The number of carboxylic acid groups (broad SMARTS) is 1. The van der Waals surface area contributed by atoms with Crippen molar-refractivity contribution >= 4 is 12.1 Å². The number of carboxylic acids is 1. The second-order valence-electron chi connectivity index (χ2n) is 2.97. The number of unbranched alkanes of at least 4 members (excludes halogenated alkanes) is 1. The van der Waals surface area contributed by atoms with Gasteiger partial charge in [0.15, 0.2) is 0 Å². The first-order valence-electron chi connectivity index (χ1n) is 4.67. The summed E-state index contributed by atoms with van der Waals surface area (Å²) in [4.78, 5) is 22.7. The Kier molecular flexibility index (Phi) is 6.53. The zero-order valence-corrected chi connectivity index (χ0v) is 8.65. The first kappa shape index (κ1) is 12.7. The maximum Gasteiger partial charge on any atom is 0.409 e. The van der Waals surface area contributed by atoms with Crippen LogP contribution < -0.4 is 0 Å². The van der Waals surface area contributed by atoms with Crippen LogP contribution in [0.15, 0.2) is 0 Å². The van der Waals surface area contributed by atoms with Crippen molar-refractivity contribution in [1.29, 1.82) is 0 Å². The van der Waals surface area contributed by atoms with Crippen LogP contribution in [0.3, 0.4) is 0 Å². The minimum absolute atomic E-state index is 0.149. The molecule has 0 saturated carbocycles. The van der Waals surface area contributed by atoms with E-state index in [0.29, 0.717) is 26.0 Å². The lowest BCUT2D eigenvalue weighted by atomic mass is 10.2. The molecule has 1 amide bonds. The van der Waals surface area contributed by atoms with E-state index in [9.17, 15) is 9.59 Å². The van der Waals surface area contributed by atoms with Crippen LogP contribution in [0.25, 0.3) is 0 Å². The molecule has 5 nitrogen and oxygen atoms in total. The van der Waals surface area contributed by atoms with Gasteiger partial charge in [-0.15, -0.1) is 0 Å². The molecule has 0 spiro atoms. The van der Waals surface area contributed by atoms with Crippen LogP contribution in [0.2, 0.25) is 0 Å². The fraction of sp³-hybridized carbons (Fsp3) is 0.778. The maximum atomic E-state index is 11.1. The molecule has 0 radical (unpaired) electrons. The zero-order valence-electron chi connectivity index (χ0n) is 8.65. The summed E-state index contributed by atoms with van der Waals surface area (Å²) in [5, 5.41) is 8.37. The highest BCUT2D eigenvalue weighted by Gasteiger charge is 2.08. The molecule has 0 bridgehead atoms. The minimum Gasteiger partial charge on any atom is -0.481 e. The van der Waals surface area contributed by atoms with Gasteiger partial charge in [-0.05, 0) is 19.8 Å². The lowest BCUT2D eigenvalue weighted by Gasteiger charge is -2.15. The van der Waals surface area contributed by atoms with Gasteiger partial charge in [0, 0.05) is 20.0 Å². The van der Waals surface area contributed by atoms with Crippen LogP contribution in [0.5, 0.6) is 0 Å². The summed E-state index contributed by atoms with van der Waals surface area (Å²) in [6, 6.07) is 0. The van der Waals surface area contributed by atoms with Gasteiger partial charge in [0.25, 0.3) is 0 Å². The van der Waals surface area contributed by atoms with Crippen LogP contribution in [-0.4, -0.2) is 42.3 Å². The van der Waals surface area contributed by atoms with Crippen LogP contribution in [-0.2, 0) is 9.53 Å². The van der Waals surface area contributed by atoms with E-state index >= 15 is 0 Å². The van der Waals surface area contributed by atoms with Gasteiger partial charge in [0.2, 0.25) is 0 Å². The molecule has 0 aliphatic rings. The van der Waals surface area contributed by atoms with Crippen molar-refractivity contribution < 1.29 is 19.4 Å². The molecule has 14 heavy (non-hydrogen) atoms. The Balaban J connectivity index is 3.48. The highest BCUT2D eigenvalue weighted by Crippen LogP contribution is 1.99. The molecular weight excluding hydrogens is 186 g/mol. The molecule has 0 atom stereocenters. The lowest BCUT2D eigenvalue weighted by Crippen LogP contribution is -2.28. The molecule has 0 aliphatic heterocycles. The largest absolute Gasteiger partial charge is 0.481 e. The summed E-state index contributed by atoms with van der Waals surface area (Å²) in [6.45, 7) is 2.64. The highest BCUT2D eigenvalue weighted by atomic mass is 16.5. The molecule has 5 heteroatoms. The fourth-order valence-electron chi connectivity index (χ4n) is 0.950. The quantitative estimate of drug-likeness (QED) is 0.661. The molecule has 0 saturated heterocycles. The number of amides is 1. The summed E-state index contributed by atoms with van der Waals surface area (Å²) in [5.74, 6) is -0.802. The van der Waals surface area contributed by atoms with Crippen molar-refractivity contribution in [2.24, 2.45) is 0 Å². The Labute approximate surface area is 83.6 Å². The maximum absolute atomic E-state index is 11.1. The first-order chi connectivity index (χ1) is 6.57. The molecular formula is C9H17NO4. The summed E-state index contributed by atoms with van der Waals surface area (Å²) in [6.07, 6.45) is 1.06. The summed E-state index contributed by atoms with van der Waals surface area (Å²) < 4.78 is 4.75. The Hall–Kier alpha value is -1.26. The van der Waals surface area contributed by atoms with Gasteiger partial charge in [-0.1, -0.05) is 0 Å². The van der Waals surface area contributed by atoms with E-state index in [4.69, 9.17) is 9.84 Å². The number of carbonyl (C=O) groups is 2. The van der Waals surface area contributed by atoms with E-state index in [1.54, 1.807) is 14.0 Å². The summed E-state index contributed by atoms with van der Waals surface area (Å²) in [7, 11) is 1.64. The molecule has 0 aliphatic carbocycles. The number of nitrogens with zero attached hydrogens (tertiary/aromatic N) is 1. The van der Waals surface area contributed by atoms with Crippen molar-refractivity contribution in [3.05, 3.63) is 0 Å². The summed E-state index contributed by atoms with van der Waals surface area (Å²) in [5.41, 5.74) is 0. The van der Waals surface area contributed by atoms with E-state index in [-0.39, 0.29) is 12.5 Å². The van der Waals surface area contributed by atoms with Crippen molar-refractivity contribution in [3.63, 3.8) is 0 Å². The third kappa shape index (κ3) is 6.28. The van der Waals surface area contributed by atoms with Crippen molar-refractivity contribution in [3.8, 4) is 0 Å². The SMILES string of the molecule is CCOC(=O)N(C)CCCCC(=O)O. The van der Waals surface area contributed by atoms with Crippen molar-refractivity contribution in [1.82, 2.24) is 4.90 Å². The average molecular weight is 203 g/mol. The smallest absolute Gasteiger partial charge is 0.409 e. The van der Waals surface area contributed by atoms with Gasteiger partial charge >= 0.3 is 12.1 Å². The first-order valence-corrected chi connectivity index (χ1v) is 4.67. The van der Waals surface area contributed by atoms with Gasteiger partial charge in [0.1, 0.15) is 0 Å². The topological polar surface area (TPSA) is 66.8 Å². The number of ether oxygens (including phenoxy) is 1. The molecule has 0 rings (SSSR count). The van der Waals surface area contributed by atoms with E-state index in [2.05, 4.69) is 0 Å². The molecule has 0 heterocycles. The number of hydrogen-bond acceptors (Lipinski definition) is 3. The van der Waals surface area contributed by atoms with E-state index in [1.165, 1.54) is 4.90 Å². The third-order valence-electron chi connectivity index (χ3n) is 1.71. The molecule has 0 unspecified atom stereocenters. The number of rotatable bonds is 6. The van der Waals surface area contributed by atoms with E-state index in [0.717, 1.165) is 0 Å². The van der Waals surface area contributed by atoms with Crippen molar-refractivity contribution in [2.75, 3.05) is 20.2 Å². The standard InChI is InChI=1S/C9H17NO4/c1-3-14-9(13)10(2)7-5-4-6-8(11)12/h3-7H2,1-2H3,(H,11,12). The second-order valence-corrected chi connectivity index (χ2v) is 2.97. The lowest BCUT2D eigenvalue weighted by molar-refractivity contribution is -0.137. The molecule has 0 fully saturated rings. The molecule has 0 aromatic heterocycles. The third-order valence-corrected chi connectivity index (χ3v) is 1.71. The van der Waals surface area contributed by atoms with Gasteiger partial charge < -0.3 is 14.7 Å². The van der Waals surface area contributed by atoms with Crippen LogP contribution in [0, 0.1) is 0 Å². The molecule has 82 valence electrons. The van der Waals surface area contributed by atoms with Gasteiger partial charge in [-0.2, -0.15) is 0 Å². The van der Waals surface area contributed by atoms with Crippen LogP contribution >= 0.6 is 0 Å². The minimum atomic E-state index is -0.802. The fourth-order valence-corrected chi connectivity index (χ4v) is 0.950. The monoisotopic (exact) mass is 203 g/mol. The Morgan fingerprint density at radius 1 is 1.36 bits per heavy atom. The van der Waals surface area contributed by atoms with Gasteiger partial charge in [-0.3, -0.25) is 4.79 Å². The zero-order chi connectivity index (χ0) is 11.0. The number of carbonyl (C=O) groups excluding carboxylic acids is 1. The van der Waals surface area contributed by atoms with E-state index < -0.39 is 5.97 Å². The molecule has 0 aromatic carbocycles. The molecule has 1 N–H and O–H groups in total. The molecule has 0 aromatic rings. The van der Waals surface area contributed by atoms with Gasteiger partial charge in [-0.25, -0.2) is 4.79 Å². The van der Waals surface area contributed by atoms with Crippen LogP contribution in [0.1, 0.15) is 26.2 Å². The van der Waals surface area contributed by atoms with Crippen LogP contribution in [0.4, 0.5) is 4.79 Å². The van der Waals surface area contributed by atoms with Gasteiger partial charge in [0.05, 0.1) is 6.61 Å². The predicted octanol–water partition coefficient (Wildman–Crippen LogP) is 1.33. The van der Waals surface area contributed by atoms with E-state index in [1.807, 2.05) is 0 Å². The number of aliphatic carboxylic acids is 1. The highest BCUT2D eigenvalue weighted by molar-refractivity contribution is 5.67. The Morgan fingerprint density at radius 2 is 2.00 bits per heavy atom. The Morgan fingerprint density at radius 3 is 2.50 bits per heavy atom. The summed E-state index contributed by atoms with van der Waals surface area (Å²) >= 11 is 0. The Bertz CT molecular complexity index is 193. The average Bonchev–Trinajstić information content (AvgIpc) is 2.12. The predicted molar refractivity (Wildman–Crippen MR) is 51.1 cm³/mol. The number of hydrogen-bond donors (Lipinski definition) is 1.